The summed E-state index contributed by atoms with van der Waals surface area (Å²) in [4.78, 5) is 42.1. The number of nitrogens with one attached hydrogen (secondary N) is 1. The zero-order chi connectivity index (χ0) is 24.9. The third kappa shape index (κ3) is 5.25. The monoisotopic (exact) mass is 468 g/mol. The third-order valence-electron chi connectivity index (χ3n) is 7.22. The average molecular weight is 469 g/mol. The zero-order valence-corrected chi connectivity index (χ0v) is 20.5. The van der Waals surface area contributed by atoms with Crippen molar-refractivity contribution in [3.63, 3.8) is 0 Å². The summed E-state index contributed by atoms with van der Waals surface area (Å²) in [5, 5.41) is 2.67. The fourth-order valence-electron chi connectivity index (χ4n) is 5.24. The predicted molar refractivity (Wildman–Crippen MR) is 138 cm³/mol. The number of carbonyl (C=O) groups is 3. The number of likely N-dealkylation sites (tertiary alicyclic amines) is 1. The smallest absolute Gasteiger partial charge is 0.233 e. The van der Waals surface area contributed by atoms with Crippen LogP contribution < -0.4 is 5.32 Å². The maximum Gasteiger partial charge on any atom is 0.233 e. The average Bonchev–Trinajstić information content (AvgIpc) is 2.90. The number of Topliss-reactive ketones (excluding diaryl/α,β-unsaturated/α-hetero) is 2. The maximum atomic E-state index is 13.9. The van der Waals surface area contributed by atoms with E-state index in [0.717, 1.165) is 16.7 Å². The SMILES string of the molecule is CNC(=O)CN1C[C@H](C(=O)c2ccccc2)C(c2cccc(C)c2C)[C@H](C(=O)c2ccccc2)C1. The van der Waals surface area contributed by atoms with E-state index >= 15 is 0 Å². The summed E-state index contributed by atoms with van der Waals surface area (Å²) in [5.74, 6) is -1.35. The number of hydrogen-bond donors (Lipinski definition) is 1. The summed E-state index contributed by atoms with van der Waals surface area (Å²) < 4.78 is 0. The molecule has 1 heterocycles. The van der Waals surface area contributed by atoms with Gasteiger partial charge in [0.15, 0.2) is 11.6 Å². The van der Waals surface area contributed by atoms with Crippen molar-refractivity contribution in [3.05, 3.63) is 107 Å². The Labute approximate surface area is 207 Å². The summed E-state index contributed by atoms with van der Waals surface area (Å²) in [7, 11) is 1.60. The van der Waals surface area contributed by atoms with E-state index in [9.17, 15) is 14.4 Å². The third-order valence-corrected chi connectivity index (χ3v) is 7.22. The second-order valence-corrected chi connectivity index (χ2v) is 9.36. The highest BCUT2D eigenvalue weighted by Gasteiger charge is 2.45. The van der Waals surface area contributed by atoms with Gasteiger partial charge in [0.05, 0.1) is 6.54 Å². The topological polar surface area (TPSA) is 66.5 Å². The molecule has 0 aromatic heterocycles. The van der Waals surface area contributed by atoms with Gasteiger partial charge in [0.1, 0.15) is 0 Å². The Morgan fingerprint density at radius 3 is 1.77 bits per heavy atom. The van der Waals surface area contributed by atoms with Crippen molar-refractivity contribution in [2.24, 2.45) is 11.8 Å². The van der Waals surface area contributed by atoms with Gasteiger partial charge in [0.2, 0.25) is 5.91 Å². The molecule has 1 unspecified atom stereocenters. The molecule has 0 saturated carbocycles. The molecule has 5 nitrogen and oxygen atoms in total. The molecule has 0 spiro atoms. The van der Waals surface area contributed by atoms with Crippen molar-refractivity contribution in [2.45, 2.75) is 19.8 Å². The van der Waals surface area contributed by atoms with Gasteiger partial charge in [0, 0.05) is 49.0 Å². The predicted octanol–water partition coefficient (Wildman–Crippen LogP) is 4.45. The van der Waals surface area contributed by atoms with E-state index in [2.05, 4.69) is 31.3 Å². The first-order valence-corrected chi connectivity index (χ1v) is 12.1. The van der Waals surface area contributed by atoms with Crippen LogP contribution in [0.1, 0.15) is 43.3 Å². The van der Waals surface area contributed by atoms with Crippen LogP contribution in [0.4, 0.5) is 0 Å². The summed E-state index contributed by atoms with van der Waals surface area (Å²) in [5.41, 5.74) is 4.52. The van der Waals surface area contributed by atoms with Gasteiger partial charge in [-0.2, -0.15) is 0 Å². The lowest BCUT2D eigenvalue weighted by Crippen LogP contribution is -2.52. The minimum absolute atomic E-state index is 0.00368. The van der Waals surface area contributed by atoms with E-state index in [0.29, 0.717) is 24.2 Å². The molecule has 0 aliphatic carbocycles. The summed E-state index contributed by atoms with van der Waals surface area (Å²) >= 11 is 0. The van der Waals surface area contributed by atoms with Gasteiger partial charge in [-0.15, -0.1) is 0 Å². The van der Waals surface area contributed by atoms with Gasteiger partial charge < -0.3 is 5.32 Å². The highest BCUT2D eigenvalue weighted by Crippen LogP contribution is 2.42. The molecule has 1 fully saturated rings. The Morgan fingerprint density at radius 1 is 0.771 bits per heavy atom. The lowest BCUT2D eigenvalue weighted by atomic mass is 9.67. The minimum atomic E-state index is -0.464. The van der Waals surface area contributed by atoms with Gasteiger partial charge >= 0.3 is 0 Å². The Hall–Kier alpha value is -3.57. The van der Waals surface area contributed by atoms with Crippen LogP contribution in [-0.4, -0.2) is 49.1 Å². The molecule has 1 aliphatic heterocycles. The molecule has 1 amide bonds. The molecular weight excluding hydrogens is 436 g/mol. The molecule has 5 heteroatoms. The number of amides is 1. The van der Waals surface area contributed by atoms with Crippen LogP contribution in [0, 0.1) is 25.7 Å². The number of nitrogens with zero attached hydrogens (tertiary/aromatic N) is 1. The van der Waals surface area contributed by atoms with Gasteiger partial charge in [-0.3, -0.25) is 19.3 Å². The number of piperidine rings is 1. The Kier molecular flexibility index (Phi) is 7.57. The summed E-state index contributed by atoms with van der Waals surface area (Å²) in [6.45, 7) is 5.10. The number of carbonyl (C=O) groups excluding carboxylic acids is 3. The van der Waals surface area contributed by atoms with Crippen molar-refractivity contribution in [2.75, 3.05) is 26.7 Å². The molecule has 180 valence electrons. The van der Waals surface area contributed by atoms with Crippen molar-refractivity contribution in [1.29, 1.82) is 0 Å². The van der Waals surface area contributed by atoms with E-state index in [4.69, 9.17) is 0 Å². The van der Waals surface area contributed by atoms with E-state index in [1.165, 1.54) is 0 Å². The number of hydrogen-bond acceptors (Lipinski definition) is 4. The van der Waals surface area contributed by atoms with E-state index in [1.807, 2.05) is 71.6 Å². The molecule has 1 aliphatic rings. The maximum absolute atomic E-state index is 13.9. The normalized spacial score (nSPS) is 20.3. The van der Waals surface area contributed by atoms with E-state index in [-0.39, 0.29) is 29.9 Å². The molecule has 0 bridgehead atoms. The van der Waals surface area contributed by atoms with Gasteiger partial charge in [-0.05, 0) is 30.5 Å². The first-order valence-electron chi connectivity index (χ1n) is 12.1. The Bertz CT molecular complexity index is 1150. The van der Waals surface area contributed by atoms with Crippen LogP contribution in [0.25, 0.3) is 0 Å². The molecule has 3 atom stereocenters. The minimum Gasteiger partial charge on any atom is -0.358 e. The van der Waals surface area contributed by atoms with Crippen molar-refractivity contribution in [1.82, 2.24) is 10.2 Å². The Morgan fingerprint density at radius 2 is 1.29 bits per heavy atom. The number of rotatable bonds is 7. The van der Waals surface area contributed by atoms with Crippen molar-refractivity contribution < 1.29 is 14.4 Å². The summed E-state index contributed by atoms with van der Waals surface area (Å²) in [6, 6.07) is 24.6. The lowest BCUT2D eigenvalue weighted by molar-refractivity contribution is -0.122. The van der Waals surface area contributed by atoms with Gasteiger partial charge in [-0.1, -0.05) is 78.9 Å². The Balaban J connectivity index is 1.85. The molecule has 4 rings (SSSR count). The first kappa shape index (κ1) is 24.6. The molecular formula is C30H32N2O3. The largest absolute Gasteiger partial charge is 0.358 e. The van der Waals surface area contributed by atoms with Crippen LogP contribution in [-0.2, 0) is 4.79 Å². The molecule has 0 radical (unpaired) electrons. The fraction of sp³-hybridized carbons (Fsp3) is 0.300. The fourth-order valence-corrected chi connectivity index (χ4v) is 5.24. The first-order chi connectivity index (χ1) is 16.9. The molecule has 35 heavy (non-hydrogen) atoms. The summed E-state index contributed by atoms with van der Waals surface area (Å²) in [6.07, 6.45) is 0. The lowest BCUT2D eigenvalue weighted by Gasteiger charge is -2.43. The number of ketones is 2. The van der Waals surface area contributed by atoms with Gasteiger partial charge in [0.25, 0.3) is 0 Å². The number of aryl methyl sites for hydroxylation is 1. The van der Waals surface area contributed by atoms with Crippen molar-refractivity contribution >= 4 is 17.5 Å². The molecule has 3 aromatic rings. The quantitative estimate of drug-likeness (QED) is 0.521. The van der Waals surface area contributed by atoms with Crippen LogP contribution in [0.5, 0.6) is 0 Å². The van der Waals surface area contributed by atoms with Crippen LogP contribution in [0.15, 0.2) is 78.9 Å². The standard InChI is InChI=1S/C30H32N2O3/c1-20-11-10-16-24(21(20)2)28-25(29(34)22-12-6-4-7-13-22)17-32(19-27(33)31-3)18-26(28)30(35)23-14-8-5-9-15-23/h4-16,25-26,28H,17-19H2,1-3H3,(H,31,33)/t25-,26+,28?. The second-order valence-electron chi connectivity index (χ2n) is 9.36. The van der Waals surface area contributed by atoms with Crippen molar-refractivity contribution in [3.8, 4) is 0 Å². The highest BCUT2D eigenvalue weighted by molar-refractivity contribution is 6.02. The van der Waals surface area contributed by atoms with Crippen LogP contribution >= 0.6 is 0 Å². The highest BCUT2D eigenvalue weighted by atomic mass is 16.2. The number of benzene rings is 3. The molecule has 3 aromatic carbocycles. The second kappa shape index (κ2) is 10.8. The van der Waals surface area contributed by atoms with Crippen LogP contribution in [0.2, 0.25) is 0 Å². The van der Waals surface area contributed by atoms with E-state index in [1.54, 1.807) is 7.05 Å². The zero-order valence-electron chi connectivity index (χ0n) is 20.5. The van der Waals surface area contributed by atoms with Gasteiger partial charge in [-0.25, -0.2) is 0 Å². The van der Waals surface area contributed by atoms with Crippen LogP contribution in [0.3, 0.4) is 0 Å². The molecule has 1 N–H and O–H groups in total. The molecule has 1 saturated heterocycles. The van der Waals surface area contributed by atoms with E-state index < -0.39 is 11.8 Å². The number of likely N-dealkylation sites (N-methyl/N-ethyl adjacent to an activating group) is 1.